The predicted molar refractivity (Wildman–Crippen MR) is 81.8 cm³/mol. The summed E-state index contributed by atoms with van der Waals surface area (Å²) in [5, 5.41) is 17.0. The minimum atomic E-state index is 0.109. The second-order valence-electron chi connectivity index (χ2n) is 4.55. The quantitative estimate of drug-likeness (QED) is 0.884. The molecule has 0 spiro atoms. The highest BCUT2D eigenvalue weighted by Gasteiger charge is 2.13. The molecule has 1 unspecified atom stereocenters. The van der Waals surface area contributed by atoms with Crippen LogP contribution in [-0.4, -0.2) is 17.2 Å². The van der Waals surface area contributed by atoms with Crippen LogP contribution in [0.3, 0.4) is 0 Å². The SMILES string of the molecule is COc1cc(Cl)cc(CNC(C)c2nc(C)cs2)c1O. The van der Waals surface area contributed by atoms with E-state index < -0.39 is 0 Å². The zero-order chi connectivity index (χ0) is 14.7. The largest absolute Gasteiger partial charge is 0.504 e. The zero-order valence-electron chi connectivity index (χ0n) is 11.6. The number of phenolic OH excluding ortho intramolecular Hbond substituents is 1. The van der Waals surface area contributed by atoms with Crippen molar-refractivity contribution in [2.45, 2.75) is 26.4 Å². The van der Waals surface area contributed by atoms with Crippen LogP contribution in [0.2, 0.25) is 5.02 Å². The second kappa shape index (κ2) is 6.43. The van der Waals surface area contributed by atoms with E-state index in [1.165, 1.54) is 7.11 Å². The first kappa shape index (κ1) is 15.1. The minimum Gasteiger partial charge on any atom is -0.504 e. The van der Waals surface area contributed by atoms with E-state index in [0.29, 0.717) is 22.9 Å². The molecule has 108 valence electrons. The molecular weight excluding hydrogens is 296 g/mol. The summed E-state index contributed by atoms with van der Waals surface area (Å²) in [5.41, 5.74) is 1.72. The summed E-state index contributed by atoms with van der Waals surface area (Å²) in [5.74, 6) is 0.499. The lowest BCUT2D eigenvalue weighted by Gasteiger charge is -2.14. The van der Waals surface area contributed by atoms with Gasteiger partial charge in [-0.2, -0.15) is 0 Å². The van der Waals surface area contributed by atoms with Gasteiger partial charge in [-0.15, -0.1) is 11.3 Å². The monoisotopic (exact) mass is 312 g/mol. The number of aromatic nitrogens is 1. The number of aryl methyl sites for hydroxylation is 1. The fraction of sp³-hybridized carbons (Fsp3) is 0.357. The molecule has 1 aromatic carbocycles. The van der Waals surface area contributed by atoms with E-state index in [4.69, 9.17) is 16.3 Å². The first-order valence-corrected chi connectivity index (χ1v) is 7.47. The normalized spacial score (nSPS) is 12.4. The number of thiazole rings is 1. The standard InChI is InChI=1S/C14H17ClN2O2S/c1-8-7-20-14(17-8)9(2)16-6-10-4-11(15)5-12(19-3)13(10)18/h4-5,7,9,16,18H,6H2,1-3H3. The van der Waals surface area contributed by atoms with Crippen molar-refractivity contribution in [1.29, 1.82) is 0 Å². The molecule has 1 heterocycles. The Labute approximate surface area is 127 Å². The van der Waals surface area contributed by atoms with Crippen LogP contribution in [0.4, 0.5) is 0 Å². The smallest absolute Gasteiger partial charge is 0.162 e. The Morgan fingerprint density at radius 2 is 2.25 bits per heavy atom. The van der Waals surface area contributed by atoms with Gasteiger partial charge in [0, 0.05) is 34.3 Å². The molecule has 0 radical (unpaired) electrons. The summed E-state index contributed by atoms with van der Waals surface area (Å²) in [4.78, 5) is 4.44. The summed E-state index contributed by atoms with van der Waals surface area (Å²) in [6, 6.07) is 3.43. The van der Waals surface area contributed by atoms with Gasteiger partial charge >= 0.3 is 0 Å². The van der Waals surface area contributed by atoms with Crippen molar-refractivity contribution < 1.29 is 9.84 Å². The first-order chi connectivity index (χ1) is 9.51. The fourth-order valence-electron chi connectivity index (χ4n) is 1.84. The highest BCUT2D eigenvalue weighted by atomic mass is 35.5. The van der Waals surface area contributed by atoms with Crippen LogP contribution in [-0.2, 0) is 6.54 Å². The molecule has 2 N–H and O–H groups in total. The van der Waals surface area contributed by atoms with Crippen molar-refractivity contribution in [1.82, 2.24) is 10.3 Å². The number of nitrogens with one attached hydrogen (secondary N) is 1. The molecule has 2 rings (SSSR count). The molecule has 0 aliphatic rings. The average Bonchev–Trinajstić information content (AvgIpc) is 2.85. The number of benzene rings is 1. The molecule has 1 atom stereocenters. The molecular formula is C14H17ClN2O2S. The van der Waals surface area contributed by atoms with E-state index in [9.17, 15) is 5.11 Å². The molecule has 0 amide bonds. The van der Waals surface area contributed by atoms with E-state index in [-0.39, 0.29) is 11.8 Å². The maximum absolute atomic E-state index is 10.1. The van der Waals surface area contributed by atoms with Crippen LogP contribution >= 0.6 is 22.9 Å². The van der Waals surface area contributed by atoms with E-state index in [1.54, 1.807) is 23.5 Å². The molecule has 0 fully saturated rings. The molecule has 0 aliphatic carbocycles. The van der Waals surface area contributed by atoms with Crippen molar-refractivity contribution in [3.05, 3.63) is 38.8 Å². The highest BCUT2D eigenvalue weighted by Crippen LogP contribution is 2.33. The highest BCUT2D eigenvalue weighted by molar-refractivity contribution is 7.09. The van der Waals surface area contributed by atoms with Gasteiger partial charge in [-0.1, -0.05) is 11.6 Å². The maximum atomic E-state index is 10.1. The lowest BCUT2D eigenvalue weighted by atomic mass is 10.1. The third-order valence-electron chi connectivity index (χ3n) is 2.94. The molecule has 1 aromatic heterocycles. The molecule has 2 aromatic rings. The van der Waals surface area contributed by atoms with Crippen LogP contribution in [0.5, 0.6) is 11.5 Å². The van der Waals surface area contributed by atoms with Crippen molar-refractivity contribution in [3.63, 3.8) is 0 Å². The summed E-state index contributed by atoms with van der Waals surface area (Å²) >= 11 is 7.63. The molecule has 20 heavy (non-hydrogen) atoms. The molecule has 0 bridgehead atoms. The Balaban J connectivity index is 2.09. The van der Waals surface area contributed by atoms with Crippen LogP contribution in [0.15, 0.2) is 17.5 Å². The number of ether oxygens (including phenoxy) is 1. The number of halogens is 1. The lowest BCUT2D eigenvalue weighted by molar-refractivity contribution is 0.369. The van der Waals surface area contributed by atoms with Gasteiger partial charge in [-0.05, 0) is 19.9 Å². The number of rotatable bonds is 5. The van der Waals surface area contributed by atoms with Gasteiger partial charge in [0.2, 0.25) is 0 Å². The predicted octanol–water partition coefficient (Wildman–Crippen LogP) is 3.67. The van der Waals surface area contributed by atoms with Gasteiger partial charge in [0.15, 0.2) is 11.5 Å². The Kier molecular flexibility index (Phi) is 4.86. The number of hydrogen-bond acceptors (Lipinski definition) is 5. The summed E-state index contributed by atoms with van der Waals surface area (Å²) < 4.78 is 5.09. The summed E-state index contributed by atoms with van der Waals surface area (Å²) in [7, 11) is 1.50. The Hall–Kier alpha value is -1.30. The molecule has 0 saturated heterocycles. The van der Waals surface area contributed by atoms with Crippen LogP contribution in [0.1, 0.15) is 29.2 Å². The third-order valence-corrected chi connectivity index (χ3v) is 4.31. The fourth-order valence-corrected chi connectivity index (χ4v) is 2.90. The topological polar surface area (TPSA) is 54.4 Å². The van der Waals surface area contributed by atoms with E-state index in [1.807, 2.05) is 19.2 Å². The van der Waals surface area contributed by atoms with Crippen LogP contribution in [0, 0.1) is 6.92 Å². The molecule has 6 heteroatoms. The molecule has 0 saturated carbocycles. The van der Waals surface area contributed by atoms with Gasteiger partial charge in [-0.25, -0.2) is 4.98 Å². The average molecular weight is 313 g/mol. The number of aromatic hydroxyl groups is 1. The second-order valence-corrected chi connectivity index (χ2v) is 5.87. The van der Waals surface area contributed by atoms with Crippen LogP contribution < -0.4 is 10.1 Å². The van der Waals surface area contributed by atoms with Gasteiger partial charge in [0.05, 0.1) is 13.2 Å². The van der Waals surface area contributed by atoms with Gasteiger partial charge in [-0.3, -0.25) is 0 Å². The number of hydrogen-bond donors (Lipinski definition) is 2. The van der Waals surface area contributed by atoms with Crippen molar-refractivity contribution >= 4 is 22.9 Å². The van der Waals surface area contributed by atoms with Gasteiger partial charge < -0.3 is 15.2 Å². The van der Waals surface area contributed by atoms with Gasteiger partial charge in [0.1, 0.15) is 5.01 Å². The van der Waals surface area contributed by atoms with E-state index >= 15 is 0 Å². The molecule has 4 nitrogen and oxygen atoms in total. The maximum Gasteiger partial charge on any atom is 0.162 e. The number of nitrogens with zero attached hydrogens (tertiary/aromatic N) is 1. The minimum absolute atomic E-state index is 0.109. The van der Waals surface area contributed by atoms with E-state index in [0.717, 1.165) is 10.7 Å². The number of methoxy groups -OCH3 is 1. The Morgan fingerprint density at radius 1 is 1.50 bits per heavy atom. The first-order valence-electron chi connectivity index (χ1n) is 6.22. The van der Waals surface area contributed by atoms with Crippen molar-refractivity contribution in [3.8, 4) is 11.5 Å². The van der Waals surface area contributed by atoms with Crippen molar-refractivity contribution in [2.24, 2.45) is 0 Å². The molecule has 0 aliphatic heterocycles. The van der Waals surface area contributed by atoms with Gasteiger partial charge in [0.25, 0.3) is 0 Å². The summed E-state index contributed by atoms with van der Waals surface area (Å²) in [6.07, 6.45) is 0. The zero-order valence-corrected chi connectivity index (χ0v) is 13.2. The number of phenols is 1. The van der Waals surface area contributed by atoms with Crippen LogP contribution in [0.25, 0.3) is 0 Å². The Morgan fingerprint density at radius 3 is 2.85 bits per heavy atom. The Bertz CT molecular complexity index is 601. The summed E-state index contributed by atoms with van der Waals surface area (Å²) in [6.45, 7) is 4.50. The lowest BCUT2D eigenvalue weighted by Crippen LogP contribution is -2.18. The van der Waals surface area contributed by atoms with Crippen molar-refractivity contribution in [2.75, 3.05) is 7.11 Å². The third kappa shape index (κ3) is 3.42. The van der Waals surface area contributed by atoms with E-state index in [2.05, 4.69) is 10.3 Å².